The van der Waals surface area contributed by atoms with Crippen molar-refractivity contribution in [2.24, 2.45) is 11.1 Å². The summed E-state index contributed by atoms with van der Waals surface area (Å²) in [6.45, 7) is 3.49. The van der Waals surface area contributed by atoms with E-state index in [-0.39, 0.29) is 12.5 Å². The number of oxime groups is 1. The van der Waals surface area contributed by atoms with Crippen LogP contribution in [0.3, 0.4) is 0 Å². The minimum absolute atomic E-state index is 0.194. The van der Waals surface area contributed by atoms with Crippen LogP contribution in [0, 0.1) is 19.8 Å². The Morgan fingerprint density at radius 1 is 1.11 bits per heavy atom. The number of hydrogen-bond donors (Lipinski definition) is 1. The van der Waals surface area contributed by atoms with E-state index in [4.69, 9.17) is 14.7 Å². The lowest BCUT2D eigenvalue weighted by Gasteiger charge is -2.23. The number of aryl methyl sites for hydroxylation is 2. The molecule has 1 aliphatic rings. The second-order valence-corrected chi connectivity index (χ2v) is 10.4. The highest BCUT2D eigenvalue weighted by Crippen LogP contribution is 2.34. The zero-order valence-electron chi connectivity index (χ0n) is 21.2. The molecule has 2 aromatic carbocycles. The average Bonchev–Trinajstić information content (AvgIpc) is 3.26. The van der Waals surface area contributed by atoms with Crippen LogP contribution in [0.2, 0.25) is 0 Å². The molecule has 202 valence electrons. The number of thiazole rings is 1. The van der Waals surface area contributed by atoms with E-state index in [2.05, 4.69) is 10.1 Å². The van der Waals surface area contributed by atoms with E-state index in [0.717, 1.165) is 65.2 Å². The third-order valence-corrected chi connectivity index (χ3v) is 7.70. The van der Waals surface area contributed by atoms with E-state index in [9.17, 15) is 18.0 Å². The number of carbonyl (C=O) groups is 1. The molecule has 1 heterocycles. The number of hydrogen-bond acceptors (Lipinski definition) is 6. The Morgan fingerprint density at radius 3 is 2.45 bits per heavy atom. The normalized spacial score (nSPS) is 14.9. The molecule has 0 unspecified atom stereocenters. The minimum atomic E-state index is -4.38. The number of ether oxygens (including phenoxy) is 1. The Bertz CT molecular complexity index is 1300. The lowest BCUT2D eigenvalue weighted by atomic mass is 9.83. The van der Waals surface area contributed by atoms with Gasteiger partial charge in [-0.05, 0) is 62.6 Å². The van der Waals surface area contributed by atoms with Crippen molar-refractivity contribution in [3.8, 4) is 16.3 Å². The van der Waals surface area contributed by atoms with Crippen molar-refractivity contribution >= 4 is 23.0 Å². The molecule has 0 bridgehead atoms. The molecule has 10 heteroatoms. The highest BCUT2D eigenvalue weighted by Gasteiger charge is 2.30. The van der Waals surface area contributed by atoms with Crippen LogP contribution in [0.1, 0.15) is 59.4 Å². The van der Waals surface area contributed by atoms with E-state index in [1.807, 2.05) is 26.0 Å². The van der Waals surface area contributed by atoms with E-state index >= 15 is 0 Å². The van der Waals surface area contributed by atoms with Crippen molar-refractivity contribution in [1.29, 1.82) is 0 Å². The number of rotatable bonds is 9. The fourth-order valence-corrected chi connectivity index (χ4v) is 5.47. The molecular weight excluding hydrogens is 517 g/mol. The Balaban J connectivity index is 1.51. The summed E-state index contributed by atoms with van der Waals surface area (Å²) < 4.78 is 44.0. The highest BCUT2D eigenvalue weighted by molar-refractivity contribution is 7.15. The summed E-state index contributed by atoms with van der Waals surface area (Å²) in [6.07, 6.45) is 1.07. The van der Waals surface area contributed by atoms with Crippen LogP contribution in [0.15, 0.2) is 47.6 Å². The molecular formula is C28H29F3N2O4S. The standard InChI is InChI=1S/C28H29F3N2O4S/c1-17-14-21(10-13-23(17)36-16-25(34)35)26(19-6-4-3-5-7-19)33-37-15-24-18(2)32-27(38-24)20-8-11-22(12-9-20)28(29,30)31/h8-14,19H,3-7,15-16H2,1-2H3,(H,34,35). The number of carboxylic acids is 1. The Labute approximate surface area is 223 Å². The van der Waals surface area contributed by atoms with Crippen molar-refractivity contribution in [2.45, 2.75) is 58.7 Å². The molecule has 0 saturated heterocycles. The van der Waals surface area contributed by atoms with Crippen molar-refractivity contribution in [3.05, 3.63) is 69.7 Å². The summed E-state index contributed by atoms with van der Waals surface area (Å²) in [7, 11) is 0. The predicted molar refractivity (Wildman–Crippen MR) is 139 cm³/mol. The topological polar surface area (TPSA) is 81.0 Å². The number of alkyl halides is 3. The number of nitrogens with zero attached hydrogens (tertiary/aromatic N) is 2. The largest absolute Gasteiger partial charge is 0.482 e. The maximum absolute atomic E-state index is 12.9. The van der Waals surface area contributed by atoms with Crippen molar-refractivity contribution in [2.75, 3.05) is 6.61 Å². The zero-order valence-corrected chi connectivity index (χ0v) is 22.0. The first-order valence-electron chi connectivity index (χ1n) is 12.4. The third kappa shape index (κ3) is 6.92. The smallest absolute Gasteiger partial charge is 0.416 e. The molecule has 0 atom stereocenters. The molecule has 38 heavy (non-hydrogen) atoms. The molecule has 1 N–H and O–H groups in total. The fourth-order valence-electron chi connectivity index (χ4n) is 4.50. The second-order valence-electron chi connectivity index (χ2n) is 9.35. The Kier molecular flexibility index (Phi) is 8.71. The lowest BCUT2D eigenvalue weighted by Crippen LogP contribution is -2.20. The SMILES string of the molecule is Cc1cc(C(=NOCc2sc(-c3ccc(C(F)(F)F)cc3)nc2C)C2CCCCC2)ccc1OCC(=O)O. The highest BCUT2D eigenvalue weighted by atomic mass is 32.1. The second kappa shape index (κ2) is 12.0. The summed E-state index contributed by atoms with van der Waals surface area (Å²) in [5.41, 5.74) is 3.23. The number of benzene rings is 2. The van der Waals surface area contributed by atoms with Crippen LogP contribution in [0.25, 0.3) is 10.6 Å². The molecule has 3 aromatic rings. The Hall–Kier alpha value is -3.40. The molecule has 1 fully saturated rings. The first-order chi connectivity index (χ1) is 18.1. The molecule has 0 aliphatic heterocycles. The number of aliphatic carboxylic acids is 1. The van der Waals surface area contributed by atoms with Gasteiger partial charge in [-0.25, -0.2) is 9.78 Å². The fraction of sp³-hybridized carbons (Fsp3) is 0.393. The first-order valence-corrected chi connectivity index (χ1v) is 13.2. The van der Waals surface area contributed by atoms with Gasteiger partial charge < -0.3 is 14.7 Å². The summed E-state index contributed by atoms with van der Waals surface area (Å²) in [5, 5.41) is 14.1. The lowest BCUT2D eigenvalue weighted by molar-refractivity contribution is -0.139. The summed E-state index contributed by atoms with van der Waals surface area (Å²) >= 11 is 1.37. The first kappa shape index (κ1) is 27.6. The maximum Gasteiger partial charge on any atom is 0.416 e. The minimum Gasteiger partial charge on any atom is -0.482 e. The van der Waals surface area contributed by atoms with E-state index in [1.54, 1.807) is 6.07 Å². The van der Waals surface area contributed by atoms with Gasteiger partial charge in [0.05, 0.1) is 21.8 Å². The van der Waals surface area contributed by atoms with Gasteiger partial charge in [-0.1, -0.05) is 36.6 Å². The third-order valence-electron chi connectivity index (χ3n) is 6.52. The van der Waals surface area contributed by atoms with Crippen LogP contribution in [-0.4, -0.2) is 28.4 Å². The molecule has 0 spiro atoms. The number of halogens is 3. The van der Waals surface area contributed by atoms with Gasteiger partial charge in [0, 0.05) is 17.0 Å². The van der Waals surface area contributed by atoms with Gasteiger partial charge in [0.15, 0.2) is 13.2 Å². The van der Waals surface area contributed by atoms with Gasteiger partial charge in [0.25, 0.3) is 0 Å². The molecule has 6 nitrogen and oxygen atoms in total. The average molecular weight is 547 g/mol. The summed E-state index contributed by atoms with van der Waals surface area (Å²) in [6, 6.07) is 10.5. The van der Waals surface area contributed by atoms with E-state index in [0.29, 0.717) is 16.3 Å². The van der Waals surface area contributed by atoms with Crippen molar-refractivity contribution in [1.82, 2.24) is 4.98 Å². The monoisotopic (exact) mass is 546 g/mol. The van der Waals surface area contributed by atoms with Gasteiger partial charge in [-0.15, -0.1) is 11.3 Å². The number of aromatic nitrogens is 1. The van der Waals surface area contributed by atoms with Gasteiger partial charge in [0.1, 0.15) is 10.8 Å². The van der Waals surface area contributed by atoms with Crippen LogP contribution in [-0.2, 0) is 22.4 Å². The van der Waals surface area contributed by atoms with Crippen LogP contribution in [0.5, 0.6) is 5.75 Å². The van der Waals surface area contributed by atoms with Gasteiger partial charge in [-0.3, -0.25) is 0 Å². The molecule has 1 aromatic heterocycles. The molecule has 0 radical (unpaired) electrons. The van der Waals surface area contributed by atoms with Crippen molar-refractivity contribution in [3.63, 3.8) is 0 Å². The van der Waals surface area contributed by atoms with Crippen LogP contribution >= 0.6 is 11.3 Å². The number of carboxylic acid groups (broad SMARTS) is 1. The van der Waals surface area contributed by atoms with E-state index < -0.39 is 24.3 Å². The van der Waals surface area contributed by atoms with Gasteiger partial charge in [-0.2, -0.15) is 13.2 Å². The zero-order chi connectivity index (χ0) is 27.3. The van der Waals surface area contributed by atoms with E-state index in [1.165, 1.54) is 29.9 Å². The maximum atomic E-state index is 12.9. The van der Waals surface area contributed by atoms with Gasteiger partial charge in [0.2, 0.25) is 0 Å². The predicted octanol–water partition coefficient (Wildman–Crippen LogP) is 7.41. The van der Waals surface area contributed by atoms with Crippen LogP contribution in [0.4, 0.5) is 13.2 Å². The summed E-state index contributed by atoms with van der Waals surface area (Å²) in [4.78, 5) is 22.1. The molecule has 0 amide bonds. The van der Waals surface area contributed by atoms with Crippen LogP contribution < -0.4 is 4.74 Å². The molecule has 1 saturated carbocycles. The molecule has 4 rings (SSSR count). The van der Waals surface area contributed by atoms with Crippen molar-refractivity contribution < 1.29 is 32.6 Å². The Morgan fingerprint density at radius 2 is 1.82 bits per heavy atom. The molecule has 1 aliphatic carbocycles. The quantitative estimate of drug-likeness (QED) is 0.223. The van der Waals surface area contributed by atoms with Gasteiger partial charge >= 0.3 is 12.1 Å². The summed E-state index contributed by atoms with van der Waals surface area (Å²) in [5.74, 6) is -0.276.